The van der Waals surface area contributed by atoms with Gasteiger partial charge in [0.25, 0.3) is 0 Å². The Morgan fingerprint density at radius 2 is 2.00 bits per heavy atom. The number of ether oxygens (including phenoxy) is 2. The fourth-order valence-corrected chi connectivity index (χ4v) is 0.749. The van der Waals surface area contributed by atoms with Crippen LogP contribution < -0.4 is 0 Å². The third-order valence-corrected chi connectivity index (χ3v) is 1.45. The van der Waals surface area contributed by atoms with Gasteiger partial charge in [0, 0.05) is 7.11 Å². The molecule has 0 rings (SSSR count). The van der Waals surface area contributed by atoms with Crippen molar-refractivity contribution < 1.29 is 14.6 Å². The van der Waals surface area contributed by atoms with Crippen molar-refractivity contribution in [3.63, 3.8) is 0 Å². The molecule has 0 aromatic heterocycles. The second-order valence-electron chi connectivity index (χ2n) is 2.45. The highest BCUT2D eigenvalue weighted by Gasteiger charge is 2.10. The molecule has 0 aliphatic heterocycles. The summed E-state index contributed by atoms with van der Waals surface area (Å²) < 4.78 is 10.1. The minimum absolute atomic E-state index is 0.255. The van der Waals surface area contributed by atoms with E-state index >= 15 is 0 Å². The highest BCUT2D eigenvalue weighted by Crippen LogP contribution is 2.06. The molecule has 0 aromatic rings. The SMILES string of the molecule is CCCC(OC)OC(O)CC. The number of methoxy groups -OCH3 is 1. The quantitative estimate of drug-likeness (QED) is 0.601. The van der Waals surface area contributed by atoms with Crippen molar-refractivity contribution in [2.24, 2.45) is 0 Å². The van der Waals surface area contributed by atoms with E-state index in [1.165, 1.54) is 0 Å². The molecule has 11 heavy (non-hydrogen) atoms. The smallest absolute Gasteiger partial charge is 0.160 e. The van der Waals surface area contributed by atoms with Gasteiger partial charge >= 0.3 is 0 Å². The molecule has 0 radical (unpaired) electrons. The van der Waals surface area contributed by atoms with Crippen molar-refractivity contribution in [1.29, 1.82) is 0 Å². The minimum atomic E-state index is -0.688. The molecule has 0 fully saturated rings. The third kappa shape index (κ3) is 5.18. The molecule has 3 heteroatoms. The van der Waals surface area contributed by atoms with E-state index < -0.39 is 6.29 Å². The second-order valence-corrected chi connectivity index (χ2v) is 2.45. The second kappa shape index (κ2) is 6.58. The maximum absolute atomic E-state index is 9.08. The van der Waals surface area contributed by atoms with Gasteiger partial charge in [0.1, 0.15) is 0 Å². The summed E-state index contributed by atoms with van der Waals surface area (Å²) >= 11 is 0. The van der Waals surface area contributed by atoms with E-state index in [4.69, 9.17) is 14.6 Å². The van der Waals surface area contributed by atoms with Crippen LogP contribution in [0.5, 0.6) is 0 Å². The van der Waals surface area contributed by atoms with Crippen molar-refractivity contribution >= 4 is 0 Å². The van der Waals surface area contributed by atoms with E-state index in [1.807, 2.05) is 13.8 Å². The predicted molar refractivity (Wildman–Crippen MR) is 43.1 cm³/mol. The Morgan fingerprint density at radius 3 is 2.36 bits per heavy atom. The Kier molecular flexibility index (Phi) is 6.51. The van der Waals surface area contributed by atoms with Crippen LogP contribution in [0.25, 0.3) is 0 Å². The number of hydrogen-bond donors (Lipinski definition) is 1. The number of aliphatic hydroxyl groups is 1. The fourth-order valence-electron chi connectivity index (χ4n) is 0.749. The van der Waals surface area contributed by atoms with Crippen LogP contribution in [0.2, 0.25) is 0 Å². The summed E-state index contributed by atoms with van der Waals surface area (Å²) in [7, 11) is 1.59. The van der Waals surface area contributed by atoms with E-state index in [1.54, 1.807) is 7.11 Å². The van der Waals surface area contributed by atoms with Gasteiger partial charge in [-0.05, 0) is 12.8 Å². The molecule has 2 unspecified atom stereocenters. The largest absolute Gasteiger partial charge is 0.368 e. The molecule has 0 saturated carbocycles. The fraction of sp³-hybridized carbons (Fsp3) is 1.00. The van der Waals surface area contributed by atoms with Crippen LogP contribution in [0, 0.1) is 0 Å². The van der Waals surface area contributed by atoms with Crippen molar-refractivity contribution in [2.45, 2.75) is 45.7 Å². The zero-order chi connectivity index (χ0) is 8.69. The zero-order valence-corrected chi connectivity index (χ0v) is 7.54. The van der Waals surface area contributed by atoms with Crippen molar-refractivity contribution in [1.82, 2.24) is 0 Å². The Morgan fingerprint density at radius 1 is 1.36 bits per heavy atom. The predicted octanol–water partition coefficient (Wildman–Crippen LogP) is 1.50. The molecule has 0 aliphatic carbocycles. The Hall–Kier alpha value is -0.120. The first-order chi connectivity index (χ1) is 5.24. The lowest BCUT2D eigenvalue weighted by Gasteiger charge is -2.18. The summed E-state index contributed by atoms with van der Waals surface area (Å²) in [5.74, 6) is 0. The standard InChI is InChI=1S/C8H18O3/c1-4-6-8(10-3)11-7(9)5-2/h7-9H,4-6H2,1-3H3. The van der Waals surface area contributed by atoms with Gasteiger partial charge in [-0.25, -0.2) is 0 Å². The van der Waals surface area contributed by atoms with Gasteiger partial charge in [-0.1, -0.05) is 20.3 Å². The third-order valence-electron chi connectivity index (χ3n) is 1.45. The summed E-state index contributed by atoms with van der Waals surface area (Å²) in [5, 5.41) is 9.08. The summed E-state index contributed by atoms with van der Waals surface area (Å²) in [6.07, 6.45) is 1.48. The average molecular weight is 162 g/mol. The molecular weight excluding hydrogens is 144 g/mol. The number of rotatable bonds is 6. The lowest BCUT2D eigenvalue weighted by molar-refractivity contribution is -0.221. The van der Waals surface area contributed by atoms with Crippen molar-refractivity contribution in [3.8, 4) is 0 Å². The molecule has 0 aliphatic rings. The van der Waals surface area contributed by atoms with Crippen LogP contribution in [0.15, 0.2) is 0 Å². The maximum Gasteiger partial charge on any atom is 0.160 e. The van der Waals surface area contributed by atoms with E-state index in [-0.39, 0.29) is 6.29 Å². The molecule has 3 nitrogen and oxygen atoms in total. The Bertz CT molecular complexity index is 85.4. The van der Waals surface area contributed by atoms with Gasteiger partial charge in [-0.3, -0.25) is 0 Å². The van der Waals surface area contributed by atoms with Crippen LogP contribution in [-0.4, -0.2) is 24.8 Å². The van der Waals surface area contributed by atoms with Crippen LogP contribution in [-0.2, 0) is 9.47 Å². The normalized spacial score (nSPS) is 16.4. The summed E-state index contributed by atoms with van der Waals surface area (Å²) in [4.78, 5) is 0. The molecule has 0 saturated heterocycles. The average Bonchev–Trinajstić information content (AvgIpc) is 2.03. The van der Waals surface area contributed by atoms with Gasteiger partial charge in [0.05, 0.1) is 0 Å². The van der Waals surface area contributed by atoms with Crippen LogP contribution in [0.3, 0.4) is 0 Å². The molecule has 1 N–H and O–H groups in total. The van der Waals surface area contributed by atoms with Gasteiger partial charge < -0.3 is 14.6 Å². The molecule has 2 atom stereocenters. The van der Waals surface area contributed by atoms with E-state index in [2.05, 4.69) is 0 Å². The van der Waals surface area contributed by atoms with Gasteiger partial charge in [-0.2, -0.15) is 0 Å². The molecule has 0 amide bonds. The highest BCUT2D eigenvalue weighted by molar-refractivity contribution is 4.44. The van der Waals surface area contributed by atoms with E-state index in [0.29, 0.717) is 6.42 Å². The molecule has 68 valence electrons. The molecule has 0 spiro atoms. The lowest BCUT2D eigenvalue weighted by atomic mass is 10.3. The highest BCUT2D eigenvalue weighted by atomic mass is 16.7. The van der Waals surface area contributed by atoms with Crippen LogP contribution >= 0.6 is 0 Å². The lowest BCUT2D eigenvalue weighted by Crippen LogP contribution is -2.22. The minimum Gasteiger partial charge on any atom is -0.368 e. The van der Waals surface area contributed by atoms with Crippen LogP contribution in [0.1, 0.15) is 33.1 Å². The first-order valence-electron chi connectivity index (χ1n) is 4.10. The van der Waals surface area contributed by atoms with E-state index in [0.717, 1.165) is 12.8 Å². The van der Waals surface area contributed by atoms with Crippen molar-refractivity contribution in [3.05, 3.63) is 0 Å². The van der Waals surface area contributed by atoms with Crippen molar-refractivity contribution in [2.75, 3.05) is 7.11 Å². The number of aliphatic hydroxyl groups excluding tert-OH is 1. The zero-order valence-electron chi connectivity index (χ0n) is 7.54. The summed E-state index contributed by atoms with van der Waals surface area (Å²) in [6.45, 7) is 3.91. The Balaban J connectivity index is 3.49. The Labute approximate surface area is 68.3 Å². The molecule has 0 heterocycles. The summed E-state index contributed by atoms with van der Waals surface area (Å²) in [5.41, 5.74) is 0. The van der Waals surface area contributed by atoms with Gasteiger partial charge in [0.15, 0.2) is 12.6 Å². The van der Waals surface area contributed by atoms with Gasteiger partial charge in [0.2, 0.25) is 0 Å². The molecular formula is C8H18O3. The first-order valence-corrected chi connectivity index (χ1v) is 4.10. The first kappa shape index (κ1) is 10.9. The maximum atomic E-state index is 9.08. The van der Waals surface area contributed by atoms with E-state index in [9.17, 15) is 0 Å². The summed E-state index contributed by atoms with van der Waals surface area (Å²) in [6, 6.07) is 0. The van der Waals surface area contributed by atoms with Crippen LogP contribution in [0.4, 0.5) is 0 Å². The topological polar surface area (TPSA) is 38.7 Å². The van der Waals surface area contributed by atoms with Gasteiger partial charge in [-0.15, -0.1) is 0 Å². The number of hydrogen-bond acceptors (Lipinski definition) is 3. The monoisotopic (exact) mass is 162 g/mol. The molecule has 0 aromatic carbocycles. The molecule has 0 bridgehead atoms.